The van der Waals surface area contributed by atoms with Crippen molar-refractivity contribution in [1.82, 2.24) is 29.4 Å². The molecule has 1 unspecified atom stereocenters. The molecule has 0 spiro atoms. The summed E-state index contributed by atoms with van der Waals surface area (Å²) in [6.45, 7) is 13.0. The Hall–Kier alpha value is -2.36. The van der Waals surface area contributed by atoms with Gasteiger partial charge in [-0.1, -0.05) is 27.2 Å². The molecule has 3 aromatic rings. The molecule has 36 heavy (non-hydrogen) atoms. The van der Waals surface area contributed by atoms with Gasteiger partial charge in [-0.3, -0.25) is 14.2 Å². The van der Waals surface area contributed by atoms with Crippen LogP contribution in [0.5, 0.6) is 5.75 Å². The molecule has 0 aliphatic carbocycles. The minimum Gasteiger partial charge on any atom is -0.493 e. The van der Waals surface area contributed by atoms with E-state index in [0.29, 0.717) is 36.1 Å². The van der Waals surface area contributed by atoms with Crippen molar-refractivity contribution < 1.29 is 4.74 Å². The molecule has 1 aromatic carbocycles. The molecule has 196 valence electrons. The van der Waals surface area contributed by atoms with Crippen LogP contribution in [0.25, 0.3) is 22.4 Å². The molecule has 0 radical (unpaired) electrons. The second kappa shape index (κ2) is 12.7. The van der Waals surface area contributed by atoms with Gasteiger partial charge in [0.05, 0.1) is 17.9 Å². The van der Waals surface area contributed by atoms with Gasteiger partial charge >= 0.3 is 0 Å². The predicted molar refractivity (Wildman–Crippen MR) is 148 cm³/mol. The van der Waals surface area contributed by atoms with Gasteiger partial charge in [-0.25, -0.2) is 4.98 Å². The molecule has 2 N–H and O–H groups in total. The predicted octanol–water partition coefficient (Wildman–Crippen LogP) is 5.02. The summed E-state index contributed by atoms with van der Waals surface area (Å²) in [5.41, 5.74) is 2.74. The van der Waals surface area contributed by atoms with Crippen molar-refractivity contribution >= 4 is 23.0 Å². The van der Waals surface area contributed by atoms with Crippen LogP contribution in [0.4, 0.5) is 0 Å². The van der Waals surface area contributed by atoms with Crippen LogP contribution in [0, 0.1) is 0 Å². The number of H-pyrrole nitrogens is 1. The van der Waals surface area contributed by atoms with E-state index in [1.54, 1.807) is 16.6 Å². The molecule has 1 saturated heterocycles. The molecule has 9 heteroatoms. The molecule has 3 heterocycles. The van der Waals surface area contributed by atoms with Crippen molar-refractivity contribution in [3.8, 4) is 17.1 Å². The van der Waals surface area contributed by atoms with Gasteiger partial charge in [-0.15, -0.1) is 0 Å². The van der Waals surface area contributed by atoms with Crippen LogP contribution in [0.1, 0.15) is 65.5 Å². The monoisotopic (exact) mass is 512 g/mol. The number of aromatic amines is 1. The van der Waals surface area contributed by atoms with Gasteiger partial charge in [0.1, 0.15) is 17.1 Å². The molecule has 2 aromatic heterocycles. The van der Waals surface area contributed by atoms with Crippen molar-refractivity contribution in [3.05, 3.63) is 34.2 Å². The zero-order chi connectivity index (χ0) is 25.5. The lowest BCUT2D eigenvalue weighted by Crippen LogP contribution is -2.31. The Labute approximate surface area is 218 Å². The number of nitrogens with one attached hydrogen (secondary N) is 2. The van der Waals surface area contributed by atoms with Crippen molar-refractivity contribution in [2.75, 3.05) is 26.2 Å². The van der Waals surface area contributed by atoms with Crippen molar-refractivity contribution in [2.45, 2.75) is 83.7 Å². The fourth-order valence-electron chi connectivity index (χ4n) is 5.01. The second-order valence-electron chi connectivity index (χ2n) is 9.34. The number of hydrogen-bond acceptors (Lipinski definition) is 7. The normalized spacial score (nSPS) is 16.3. The fraction of sp³-hybridized carbons (Fsp3) is 0.593. The maximum atomic E-state index is 13.1. The van der Waals surface area contributed by atoms with E-state index >= 15 is 0 Å². The molecule has 1 fully saturated rings. The summed E-state index contributed by atoms with van der Waals surface area (Å²) in [5, 5.41) is 4.66. The second-order valence-corrected chi connectivity index (χ2v) is 10.3. The number of rotatable bonds is 13. The van der Waals surface area contributed by atoms with Gasteiger partial charge in [0, 0.05) is 24.0 Å². The molecule has 0 amide bonds. The molecule has 1 aliphatic rings. The van der Waals surface area contributed by atoms with E-state index in [0.717, 1.165) is 60.7 Å². The SMILES string of the molecule is CCCOc1ccc(SNCCC2CCCN2CC)cc1-c1nc2c(CCC)nn(CC)c2c(=O)[nH]1. The highest BCUT2D eigenvalue weighted by molar-refractivity contribution is 7.97. The summed E-state index contributed by atoms with van der Waals surface area (Å²) in [6.07, 6.45) is 6.39. The lowest BCUT2D eigenvalue weighted by atomic mass is 10.1. The Morgan fingerprint density at radius 3 is 2.81 bits per heavy atom. The van der Waals surface area contributed by atoms with Gasteiger partial charge < -0.3 is 14.6 Å². The number of aromatic nitrogens is 4. The van der Waals surface area contributed by atoms with Crippen LogP contribution < -0.4 is 15.0 Å². The van der Waals surface area contributed by atoms with Crippen LogP contribution >= 0.6 is 11.9 Å². The van der Waals surface area contributed by atoms with E-state index < -0.39 is 0 Å². The fourth-order valence-corrected chi connectivity index (χ4v) is 5.71. The first kappa shape index (κ1) is 26.7. The summed E-state index contributed by atoms with van der Waals surface area (Å²) in [5.74, 6) is 1.26. The minimum absolute atomic E-state index is 0.165. The van der Waals surface area contributed by atoms with E-state index in [2.05, 4.69) is 52.6 Å². The van der Waals surface area contributed by atoms with Crippen LogP contribution in [-0.2, 0) is 13.0 Å². The molecule has 0 bridgehead atoms. The van der Waals surface area contributed by atoms with E-state index in [1.807, 2.05) is 13.0 Å². The summed E-state index contributed by atoms with van der Waals surface area (Å²) >= 11 is 1.62. The van der Waals surface area contributed by atoms with Gasteiger partial charge in [-0.2, -0.15) is 5.10 Å². The van der Waals surface area contributed by atoms with E-state index in [-0.39, 0.29) is 5.56 Å². The van der Waals surface area contributed by atoms with Crippen molar-refractivity contribution in [3.63, 3.8) is 0 Å². The summed E-state index contributed by atoms with van der Waals surface area (Å²) in [7, 11) is 0. The van der Waals surface area contributed by atoms with Gasteiger partial charge in [-0.05, 0) is 82.3 Å². The molecular formula is C27H40N6O2S. The van der Waals surface area contributed by atoms with Gasteiger partial charge in [0.25, 0.3) is 5.56 Å². The van der Waals surface area contributed by atoms with Crippen LogP contribution in [0.2, 0.25) is 0 Å². The molecule has 4 rings (SSSR count). The number of benzene rings is 1. The summed E-state index contributed by atoms with van der Waals surface area (Å²) in [4.78, 5) is 24.7. The molecule has 1 aliphatic heterocycles. The quantitative estimate of drug-likeness (QED) is 0.246. The first-order chi connectivity index (χ1) is 17.6. The average molecular weight is 513 g/mol. The Balaban J connectivity index is 1.59. The van der Waals surface area contributed by atoms with Gasteiger partial charge in [0.15, 0.2) is 5.52 Å². The van der Waals surface area contributed by atoms with Crippen LogP contribution in [-0.4, -0.2) is 56.9 Å². The lowest BCUT2D eigenvalue weighted by Gasteiger charge is -2.22. The third-order valence-corrected chi connectivity index (χ3v) is 7.63. The maximum Gasteiger partial charge on any atom is 0.277 e. The zero-order valence-electron chi connectivity index (χ0n) is 22.1. The third-order valence-electron chi connectivity index (χ3n) is 6.80. The number of aryl methyl sites for hydroxylation is 2. The maximum absolute atomic E-state index is 13.1. The first-order valence-corrected chi connectivity index (χ1v) is 14.3. The van der Waals surface area contributed by atoms with E-state index in [1.165, 1.54) is 19.4 Å². The minimum atomic E-state index is -0.165. The van der Waals surface area contributed by atoms with E-state index in [9.17, 15) is 4.79 Å². The number of likely N-dealkylation sites (tertiary alicyclic amines) is 1. The zero-order valence-corrected chi connectivity index (χ0v) is 22.9. The highest BCUT2D eigenvalue weighted by Gasteiger charge is 2.22. The topological polar surface area (TPSA) is 88.1 Å². The molecule has 1 atom stereocenters. The smallest absolute Gasteiger partial charge is 0.277 e. The Morgan fingerprint density at radius 2 is 2.06 bits per heavy atom. The van der Waals surface area contributed by atoms with Crippen LogP contribution in [0.15, 0.2) is 27.9 Å². The Bertz CT molecular complexity index is 1210. The number of hydrogen-bond donors (Lipinski definition) is 2. The number of fused-ring (bicyclic) bond motifs is 1. The highest BCUT2D eigenvalue weighted by atomic mass is 32.2. The lowest BCUT2D eigenvalue weighted by molar-refractivity contribution is 0.257. The summed E-state index contributed by atoms with van der Waals surface area (Å²) in [6, 6.07) is 6.79. The largest absolute Gasteiger partial charge is 0.493 e. The standard InChI is InChI=1S/C27H40N6O2S/c1-5-10-22-24-25(33(8-4)31-22)27(34)30-26(29-24)21-18-20(12-13-23(21)35-17-6-2)36-28-15-14-19-11-9-16-32(19)7-3/h12-13,18-19,28H,5-11,14-17H2,1-4H3,(H,29,30,34). The third kappa shape index (κ3) is 5.95. The van der Waals surface area contributed by atoms with Crippen molar-refractivity contribution in [1.29, 1.82) is 0 Å². The Morgan fingerprint density at radius 1 is 1.19 bits per heavy atom. The molecule has 8 nitrogen and oxygen atoms in total. The number of ether oxygens (including phenoxy) is 1. The Kier molecular flexibility index (Phi) is 9.45. The summed E-state index contributed by atoms with van der Waals surface area (Å²) < 4.78 is 11.3. The first-order valence-electron chi connectivity index (χ1n) is 13.5. The van der Waals surface area contributed by atoms with Gasteiger partial charge in [0.2, 0.25) is 0 Å². The average Bonchev–Trinajstić information content (AvgIpc) is 3.50. The van der Waals surface area contributed by atoms with Crippen molar-refractivity contribution in [2.24, 2.45) is 0 Å². The highest BCUT2D eigenvalue weighted by Crippen LogP contribution is 2.32. The number of nitrogens with zero attached hydrogens (tertiary/aromatic N) is 4. The van der Waals surface area contributed by atoms with Crippen LogP contribution in [0.3, 0.4) is 0 Å². The molecular weight excluding hydrogens is 472 g/mol. The van der Waals surface area contributed by atoms with E-state index in [4.69, 9.17) is 9.72 Å². The molecule has 0 saturated carbocycles.